The van der Waals surface area contributed by atoms with Crippen LogP contribution < -0.4 is 20.2 Å². The van der Waals surface area contributed by atoms with Crippen LogP contribution in [0.25, 0.3) is 22.3 Å². The van der Waals surface area contributed by atoms with Crippen LogP contribution in [-0.4, -0.2) is 19.6 Å². The lowest BCUT2D eigenvalue weighted by Crippen LogP contribution is -2.20. The predicted molar refractivity (Wildman–Crippen MR) is 115 cm³/mol. The SMILES string of the molecule is COc1ccc(NC(=O)COc2ccc3c(=O)cc(-c4ccccc4)oc3c2)cc1. The van der Waals surface area contributed by atoms with Crippen molar-refractivity contribution in [2.75, 3.05) is 19.0 Å². The molecule has 0 fully saturated rings. The van der Waals surface area contributed by atoms with E-state index < -0.39 is 0 Å². The molecule has 0 saturated carbocycles. The maximum absolute atomic E-state index is 12.4. The minimum Gasteiger partial charge on any atom is -0.497 e. The van der Waals surface area contributed by atoms with Crippen molar-refractivity contribution in [1.29, 1.82) is 0 Å². The highest BCUT2D eigenvalue weighted by Gasteiger charge is 2.09. The molecule has 30 heavy (non-hydrogen) atoms. The lowest BCUT2D eigenvalue weighted by Gasteiger charge is -2.09. The van der Waals surface area contributed by atoms with Crippen molar-refractivity contribution in [3.05, 3.63) is 89.1 Å². The van der Waals surface area contributed by atoms with Gasteiger partial charge in [0, 0.05) is 23.4 Å². The van der Waals surface area contributed by atoms with Gasteiger partial charge in [0.05, 0.1) is 12.5 Å². The topological polar surface area (TPSA) is 77.8 Å². The lowest BCUT2D eigenvalue weighted by molar-refractivity contribution is -0.118. The Bertz CT molecular complexity index is 1230. The zero-order chi connectivity index (χ0) is 20.9. The molecule has 0 atom stereocenters. The standard InChI is InChI=1S/C24H19NO5/c1-28-18-9-7-17(8-10-18)25-24(27)15-29-19-11-12-20-21(26)14-22(30-23(20)13-19)16-5-3-2-4-6-16/h2-14H,15H2,1H3,(H,25,27). The number of hydrogen-bond acceptors (Lipinski definition) is 5. The van der Waals surface area contributed by atoms with Crippen molar-refractivity contribution in [3.8, 4) is 22.8 Å². The molecule has 4 rings (SSSR count). The minimum absolute atomic E-state index is 0.140. The molecule has 4 aromatic rings. The molecule has 1 amide bonds. The second-order valence-corrected chi connectivity index (χ2v) is 6.56. The molecule has 1 aromatic heterocycles. The van der Waals surface area contributed by atoms with Crippen LogP contribution in [0.1, 0.15) is 0 Å². The Kier molecular flexibility index (Phi) is 5.48. The van der Waals surface area contributed by atoms with E-state index in [4.69, 9.17) is 13.9 Å². The highest BCUT2D eigenvalue weighted by atomic mass is 16.5. The Hall–Kier alpha value is -4.06. The largest absolute Gasteiger partial charge is 0.497 e. The van der Waals surface area contributed by atoms with Crippen LogP contribution in [-0.2, 0) is 4.79 Å². The summed E-state index contributed by atoms with van der Waals surface area (Å²) in [6.45, 7) is -0.180. The Morgan fingerprint density at radius 2 is 1.67 bits per heavy atom. The van der Waals surface area contributed by atoms with E-state index in [9.17, 15) is 9.59 Å². The normalized spacial score (nSPS) is 10.6. The number of rotatable bonds is 6. The van der Waals surface area contributed by atoms with Gasteiger partial charge in [0.1, 0.15) is 22.8 Å². The number of carbonyl (C=O) groups is 1. The molecule has 0 radical (unpaired) electrons. The lowest BCUT2D eigenvalue weighted by atomic mass is 10.1. The van der Waals surface area contributed by atoms with Gasteiger partial charge in [0.15, 0.2) is 12.0 Å². The predicted octanol–water partition coefficient (Wildman–Crippen LogP) is 4.49. The average Bonchev–Trinajstić information content (AvgIpc) is 2.78. The van der Waals surface area contributed by atoms with Crippen molar-refractivity contribution in [2.24, 2.45) is 0 Å². The smallest absolute Gasteiger partial charge is 0.262 e. The molecule has 6 heteroatoms. The maximum atomic E-state index is 12.4. The molecule has 1 N–H and O–H groups in total. The van der Waals surface area contributed by atoms with Gasteiger partial charge in [-0.25, -0.2) is 0 Å². The number of methoxy groups -OCH3 is 1. The monoisotopic (exact) mass is 401 g/mol. The quantitative estimate of drug-likeness (QED) is 0.515. The number of anilines is 1. The van der Waals surface area contributed by atoms with E-state index in [-0.39, 0.29) is 17.9 Å². The average molecular weight is 401 g/mol. The molecule has 0 bridgehead atoms. The Morgan fingerprint density at radius 3 is 2.40 bits per heavy atom. The third-order valence-corrected chi connectivity index (χ3v) is 4.50. The van der Waals surface area contributed by atoms with Gasteiger partial charge >= 0.3 is 0 Å². The van der Waals surface area contributed by atoms with Gasteiger partial charge < -0.3 is 19.2 Å². The summed E-state index contributed by atoms with van der Waals surface area (Å²) < 4.78 is 16.6. The number of ether oxygens (including phenoxy) is 2. The van der Waals surface area contributed by atoms with Gasteiger partial charge in [0.25, 0.3) is 5.91 Å². The van der Waals surface area contributed by atoms with Gasteiger partial charge in [-0.3, -0.25) is 9.59 Å². The summed E-state index contributed by atoms with van der Waals surface area (Å²) in [5.74, 6) is 1.31. The fourth-order valence-electron chi connectivity index (χ4n) is 2.99. The van der Waals surface area contributed by atoms with Crippen LogP contribution in [0.2, 0.25) is 0 Å². The van der Waals surface area contributed by atoms with Gasteiger partial charge in [0.2, 0.25) is 0 Å². The molecular formula is C24H19NO5. The fourth-order valence-corrected chi connectivity index (χ4v) is 2.99. The molecule has 6 nitrogen and oxygen atoms in total. The minimum atomic E-state index is -0.306. The number of fused-ring (bicyclic) bond motifs is 1. The Labute approximate surface area is 172 Å². The summed E-state index contributed by atoms with van der Waals surface area (Å²) >= 11 is 0. The maximum Gasteiger partial charge on any atom is 0.262 e. The molecule has 0 aliphatic rings. The Morgan fingerprint density at radius 1 is 0.933 bits per heavy atom. The first kappa shape index (κ1) is 19.3. The van der Waals surface area contributed by atoms with Crippen LogP contribution in [0, 0.1) is 0 Å². The van der Waals surface area contributed by atoms with Crippen LogP contribution in [0.4, 0.5) is 5.69 Å². The summed E-state index contributed by atoms with van der Waals surface area (Å²) in [5.41, 5.74) is 1.71. The van der Waals surface area contributed by atoms with Gasteiger partial charge in [-0.05, 0) is 36.4 Å². The Balaban J connectivity index is 1.48. The highest BCUT2D eigenvalue weighted by Crippen LogP contribution is 2.25. The zero-order valence-electron chi connectivity index (χ0n) is 16.3. The van der Waals surface area contributed by atoms with Crippen molar-refractivity contribution in [2.45, 2.75) is 0 Å². The number of hydrogen-bond donors (Lipinski definition) is 1. The molecule has 0 aliphatic heterocycles. The van der Waals surface area contributed by atoms with Crippen LogP contribution >= 0.6 is 0 Å². The summed E-state index contributed by atoms with van der Waals surface area (Å²) in [6.07, 6.45) is 0. The van der Waals surface area contributed by atoms with Crippen molar-refractivity contribution >= 4 is 22.6 Å². The molecule has 150 valence electrons. The summed E-state index contributed by atoms with van der Waals surface area (Å²) in [7, 11) is 1.58. The molecule has 0 unspecified atom stereocenters. The second-order valence-electron chi connectivity index (χ2n) is 6.56. The van der Waals surface area contributed by atoms with Gasteiger partial charge in [-0.2, -0.15) is 0 Å². The molecule has 0 saturated heterocycles. The molecule has 0 spiro atoms. The first-order valence-corrected chi connectivity index (χ1v) is 9.32. The van der Waals surface area contributed by atoms with Crippen LogP contribution in [0.5, 0.6) is 11.5 Å². The van der Waals surface area contributed by atoms with E-state index in [0.717, 1.165) is 5.56 Å². The molecular weight excluding hydrogens is 382 g/mol. The van der Waals surface area contributed by atoms with E-state index in [1.54, 1.807) is 49.6 Å². The van der Waals surface area contributed by atoms with E-state index in [1.165, 1.54) is 6.07 Å². The highest BCUT2D eigenvalue weighted by molar-refractivity contribution is 5.92. The van der Waals surface area contributed by atoms with E-state index in [1.807, 2.05) is 30.3 Å². The molecule has 3 aromatic carbocycles. The first-order valence-electron chi connectivity index (χ1n) is 9.32. The van der Waals surface area contributed by atoms with E-state index >= 15 is 0 Å². The third kappa shape index (κ3) is 4.33. The van der Waals surface area contributed by atoms with Crippen molar-refractivity contribution in [1.82, 2.24) is 0 Å². The van der Waals surface area contributed by atoms with E-state index in [2.05, 4.69) is 5.32 Å². The number of amides is 1. The van der Waals surface area contributed by atoms with Crippen molar-refractivity contribution in [3.63, 3.8) is 0 Å². The molecule has 0 aliphatic carbocycles. The van der Waals surface area contributed by atoms with Crippen molar-refractivity contribution < 1.29 is 18.7 Å². The third-order valence-electron chi connectivity index (χ3n) is 4.50. The zero-order valence-corrected chi connectivity index (χ0v) is 16.3. The van der Waals surface area contributed by atoms with Crippen LogP contribution in [0.15, 0.2) is 88.1 Å². The summed E-state index contributed by atoms with van der Waals surface area (Å²) in [4.78, 5) is 24.6. The molecule has 1 heterocycles. The van der Waals surface area contributed by atoms with Gasteiger partial charge in [-0.1, -0.05) is 30.3 Å². The fraction of sp³-hybridized carbons (Fsp3) is 0.0833. The summed E-state index contributed by atoms with van der Waals surface area (Å²) in [5, 5.41) is 3.20. The summed E-state index contributed by atoms with van der Waals surface area (Å²) in [6, 6.07) is 22.7. The first-order chi connectivity index (χ1) is 14.6. The van der Waals surface area contributed by atoms with E-state index in [0.29, 0.717) is 33.9 Å². The number of nitrogens with one attached hydrogen (secondary N) is 1. The van der Waals surface area contributed by atoms with Crippen LogP contribution in [0.3, 0.4) is 0 Å². The van der Waals surface area contributed by atoms with Gasteiger partial charge in [-0.15, -0.1) is 0 Å². The number of carbonyl (C=O) groups excluding carboxylic acids is 1. The second kappa shape index (κ2) is 8.53. The number of benzene rings is 3.